The number of nitrogens with zero attached hydrogens (tertiary/aromatic N) is 1. The molecule has 1 spiro atoms. The quantitative estimate of drug-likeness (QED) is 0.911. The van der Waals surface area contributed by atoms with E-state index in [-0.39, 0.29) is 17.2 Å². The molecule has 1 aliphatic heterocycles. The number of aromatic nitrogens is 1. The molecule has 1 aromatic carbocycles. The first-order chi connectivity index (χ1) is 11.5. The number of hydrogen-bond acceptors (Lipinski definition) is 2. The highest BCUT2D eigenvalue weighted by molar-refractivity contribution is 5.90. The minimum absolute atomic E-state index is 0.0273. The summed E-state index contributed by atoms with van der Waals surface area (Å²) < 4.78 is 0. The van der Waals surface area contributed by atoms with E-state index in [4.69, 9.17) is 5.11 Å². The van der Waals surface area contributed by atoms with Crippen molar-refractivity contribution >= 4 is 22.8 Å². The van der Waals surface area contributed by atoms with Crippen LogP contribution in [0.25, 0.3) is 10.9 Å². The van der Waals surface area contributed by atoms with Crippen LogP contribution < -0.4 is 0 Å². The first-order valence-corrected chi connectivity index (χ1v) is 8.56. The van der Waals surface area contributed by atoms with Crippen LogP contribution in [-0.4, -0.2) is 40.0 Å². The van der Waals surface area contributed by atoms with Crippen molar-refractivity contribution in [3.8, 4) is 0 Å². The number of amides is 1. The highest BCUT2D eigenvalue weighted by Gasteiger charge is 2.59. The maximum absolute atomic E-state index is 12.6. The molecule has 2 aromatic rings. The van der Waals surface area contributed by atoms with E-state index in [0.717, 1.165) is 35.7 Å². The van der Waals surface area contributed by atoms with Gasteiger partial charge in [-0.15, -0.1) is 0 Å². The standard InChI is InChI=1S/C19H22N2O3/c1-12-3-2-4-14-13(11-20-17(12)14)9-16(22)21-7-5-19(6-8-21)10-15(19)18(23)24/h2-4,11,15,20H,5-10H2,1H3,(H,23,24). The average Bonchev–Trinajstić information content (AvgIpc) is 3.11. The normalized spacial score (nSPS) is 22.0. The molecular weight excluding hydrogens is 304 g/mol. The SMILES string of the molecule is Cc1cccc2c(CC(=O)N3CCC4(CC3)CC4C(=O)O)c[nH]c12. The molecule has 0 bridgehead atoms. The summed E-state index contributed by atoms with van der Waals surface area (Å²) in [5.74, 6) is -0.727. The van der Waals surface area contributed by atoms with Crippen molar-refractivity contribution in [2.24, 2.45) is 11.3 Å². The van der Waals surface area contributed by atoms with Crippen LogP contribution in [0.4, 0.5) is 0 Å². The van der Waals surface area contributed by atoms with Gasteiger partial charge in [-0.2, -0.15) is 0 Å². The van der Waals surface area contributed by atoms with Crippen LogP contribution in [0.15, 0.2) is 24.4 Å². The zero-order valence-corrected chi connectivity index (χ0v) is 13.8. The number of carbonyl (C=O) groups is 2. The molecular formula is C19H22N2O3. The van der Waals surface area contributed by atoms with Gasteiger partial charge in [0.25, 0.3) is 0 Å². The summed E-state index contributed by atoms with van der Waals surface area (Å²) in [7, 11) is 0. The van der Waals surface area contributed by atoms with E-state index in [9.17, 15) is 9.59 Å². The summed E-state index contributed by atoms with van der Waals surface area (Å²) in [5.41, 5.74) is 3.29. The van der Waals surface area contributed by atoms with E-state index >= 15 is 0 Å². The molecule has 1 saturated carbocycles. The van der Waals surface area contributed by atoms with E-state index in [0.29, 0.717) is 19.5 Å². The summed E-state index contributed by atoms with van der Waals surface area (Å²) in [5, 5.41) is 10.3. The number of hydrogen-bond donors (Lipinski definition) is 2. The first kappa shape index (κ1) is 15.2. The number of benzene rings is 1. The topological polar surface area (TPSA) is 73.4 Å². The van der Waals surface area contributed by atoms with E-state index in [1.54, 1.807) is 0 Å². The molecule has 2 heterocycles. The molecule has 24 heavy (non-hydrogen) atoms. The zero-order chi connectivity index (χ0) is 16.9. The lowest BCUT2D eigenvalue weighted by atomic mass is 9.90. The number of likely N-dealkylation sites (tertiary alicyclic amines) is 1. The summed E-state index contributed by atoms with van der Waals surface area (Å²) in [6, 6.07) is 6.13. The molecule has 1 amide bonds. The van der Waals surface area contributed by atoms with Crippen LogP contribution >= 0.6 is 0 Å². The molecule has 2 fully saturated rings. The smallest absolute Gasteiger partial charge is 0.307 e. The number of aromatic amines is 1. The van der Waals surface area contributed by atoms with E-state index < -0.39 is 5.97 Å². The van der Waals surface area contributed by atoms with Crippen molar-refractivity contribution < 1.29 is 14.7 Å². The molecule has 1 saturated heterocycles. The van der Waals surface area contributed by atoms with Crippen LogP contribution in [0, 0.1) is 18.3 Å². The molecule has 1 aromatic heterocycles. The number of piperidine rings is 1. The molecule has 1 aliphatic carbocycles. The minimum atomic E-state index is -0.677. The predicted molar refractivity (Wildman–Crippen MR) is 90.7 cm³/mol. The fourth-order valence-electron chi connectivity index (χ4n) is 4.24. The molecule has 126 valence electrons. The Bertz CT molecular complexity index is 815. The van der Waals surface area contributed by atoms with Gasteiger partial charge in [-0.3, -0.25) is 9.59 Å². The van der Waals surface area contributed by atoms with Crippen molar-refractivity contribution in [3.05, 3.63) is 35.5 Å². The lowest BCUT2D eigenvalue weighted by Gasteiger charge is -2.32. The number of aliphatic carboxylic acids is 1. The molecule has 2 N–H and O–H groups in total. The second-order valence-electron chi connectivity index (χ2n) is 7.33. The van der Waals surface area contributed by atoms with Gasteiger partial charge in [-0.05, 0) is 42.7 Å². The van der Waals surface area contributed by atoms with Crippen molar-refractivity contribution in [3.63, 3.8) is 0 Å². The Hall–Kier alpha value is -2.30. The van der Waals surface area contributed by atoms with Gasteiger partial charge >= 0.3 is 5.97 Å². The lowest BCUT2D eigenvalue weighted by molar-refractivity contribution is -0.139. The summed E-state index contributed by atoms with van der Waals surface area (Å²) in [6.07, 6.45) is 4.76. The minimum Gasteiger partial charge on any atom is -0.481 e. The Morgan fingerprint density at radius 3 is 2.75 bits per heavy atom. The Kier molecular flexibility index (Phi) is 3.41. The van der Waals surface area contributed by atoms with E-state index in [1.165, 1.54) is 5.56 Å². The van der Waals surface area contributed by atoms with Gasteiger partial charge in [-0.1, -0.05) is 18.2 Å². The number of rotatable bonds is 3. The van der Waals surface area contributed by atoms with Crippen molar-refractivity contribution in [1.82, 2.24) is 9.88 Å². The number of carboxylic acids is 1. The molecule has 1 atom stereocenters. The van der Waals surface area contributed by atoms with Crippen LogP contribution in [0.1, 0.15) is 30.4 Å². The number of aryl methyl sites for hydroxylation is 1. The summed E-state index contributed by atoms with van der Waals surface area (Å²) >= 11 is 0. The molecule has 5 nitrogen and oxygen atoms in total. The van der Waals surface area contributed by atoms with E-state index in [1.807, 2.05) is 23.2 Å². The van der Waals surface area contributed by atoms with Crippen molar-refractivity contribution in [2.75, 3.05) is 13.1 Å². The molecule has 2 aliphatic rings. The van der Waals surface area contributed by atoms with Crippen LogP contribution in [0.2, 0.25) is 0 Å². The Morgan fingerprint density at radius 1 is 1.33 bits per heavy atom. The zero-order valence-electron chi connectivity index (χ0n) is 13.8. The number of para-hydroxylation sites is 1. The second-order valence-corrected chi connectivity index (χ2v) is 7.33. The predicted octanol–water partition coefficient (Wildman–Crippen LogP) is 2.73. The third kappa shape index (κ3) is 2.39. The number of nitrogens with one attached hydrogen (secondary N) is 1. The maximum atomic E-state index is 12.6. The maximum Gasteiger partial charge on any atom is 0.307 e. The summed E-state index contributed by atoms with van der Waals surface area (Å²) in [6.45, 7) is 3.43. The fourth-order valence-corrected chi connectivity index (χ4v) is 4.24. The van der Waals surface area contributed by atoms with Crippen LogP contribution in [-0.2, 0) is 16.0 Å². The average molecular weight is 326 g/mol. The van der Waals surface area contributed by atoms with Gasteiger partial charge in [0.15, 0.2) is 0 Å². The number of fused-ring (bicyclic) bond motifs is 1. The Balaban J connectivity index is 1.42. The molecule has 0 radical (unpaired) electrons. The first-order valence-electron chi connectivity index (χ1n) is 8.56. The highest BCUT2D eigenvalue weighted by Crippen LogP contribution is 2.59. The Labute approximate surface area is 140 Å². The molecule has 4 rings (SSSR count). The molecule has 1 unspecified atom stereocenters. The Morgan fingerprint density at radius 2 is 2.08 bits per heavy atom. The third-order valence-corrected chi connectivity index (χ3v) is 5.95. The third-order valence-electron chi connectivity index (χ3n) is 5.95. The van der Waals surface area contributed by atoms with Gasteiger partial charge in [0.05, 0.1) is 12.3 Å². The van der Waals surface area contributed by atoms with Gasteiger partial charge in [0.2, 0.25) is 5.91 Å². The van der Waals surface area contributed by atoms with Crippen molar-refractivity contribution in [1.29, 1.82) is 0 Å². The molecule has 5 heteroatoms. The van der Waals surface area contributed by atoms with Crippen LogP contribution in [0.5, 0.6) is 0 Å². The second kappa shape index (κ2) is 5.36. The fraction of sp³-hybridized carbons (Fsp3) is 0.474. The number of carboxylic acid groups (broad SMARTS) is 1. The summed E-state index contributed by atoms with van der Waals surface area (Å²) in [4.78, 5) is 28.9. The van der Waals surface area contributed by atoms with Gasteiger partial charge in [0.1, 0.15) is 0 Å². The number of H-pyrrole nitrogens is 1. The lowest BCUT2D eigenvalue weighted by Crippen LogP contribution is -2.40. The van der Waals surface area contributed by atoms with E-state index in [2.05, 4.69) is 18.0 Å². The van der Waals surface area contributed by atoms with Gasteiger partial charge in [-0.25, -0.2) is 0 Å². The van der Waals surface area contributed by atoms with Crippen molar-refractivity contribution in [2.45, 2.75) is 32.6 Å². The van der Waals surface area contributed by atoms with Crippen LogP contribution in [0.3, 0.4) is 0 Å². The monoisotopic (exact) mass is 326 g/mol. The number of carbonyl (C=O) groups excluding carboxylic acids is 1. The van der Waals surface area contributed by atoms with Gasteiger partial charge in [0, 0.05) is 30.2 Å². The largest absolute Gasteiger partial charge is 0.481 e. The van der Waals surface area contributed by atoms with Gasteiger partial charge < -0.3 is 15.0 Å². The highest BCUT2D eigenvalue weighted by atomic mass is 16.4.